The molecule has 256 valence electrons. The van der Waals surface area contributed by atoms with Gasteiger partial charge in [0.15, 0.2) is 10.2 Å². The summed E-state index contributed by atoms with van der Waals surface area (Å²) in [6.07, 6.45) is 0.421. The number of amides is 3. The Kier molecular flexibility index (Phi) is 15.4. The molecule has 0 saturated carbocycles. The minimum absolute atomic E-state index is 0.0286. The highest BCUT2D eigenvalue weighted by Crippen LogP contribution is 2.41. The highest BCUT2D eigenvalue weighted by Gasteiger charge is 2.47. The molecular formula is C31H35ClF2N8O4S2. The van der Waals surface area contributed by atoms with Crippen LogP contribution in [0.4, 0.5) is 18.4 Å². The minimum Gasteiger partial charge on any atom is -0.465 e. The van der Waals surface area contributed by atoms with E-state index in [9.17, 15) is 13.6 Å². The first kappa shape index (κ1) is 39.1. The van der Waals surface area contributed by atoms with Crippen molar-refractivity contribution in [2.75, 3.05) is 13.6 Å². The van der Waals surface area contributed by atoms with Gasteiger partial charge < -0.3 is 31.9 Å². The Morgan fingerprint density at radius 3 is 2.06 bits per heavy atom. The zero-order valence-electron chi connectivity index (χ0n) is 25.8. The van der Waals surface area contributed by atoms with E-state index in [1.165, 1.54) is 17.1 Å². The van der Waals surface area contributed by atoms with Crippen LogP contribution in [-0.4, -0.2) is 64.4 Å². The number of hydrogen-bond acceptors (Lipinski definition) is 6. The van der Waals surface area contributed by atoms with Crippen LogP contribution in [0.5, 0.6) is 5.75 Å². The van der Waals surface area contributed by atoms with Gasteiger partial charge in [-0.15, -0.1) is 6.58 Å². The predicted octanol–water partition coefficient (Wildman–Crippen LogP) is 4.68. The molecule has 9 N–H and O–H groups in total. The second-order valence-corrected chi connectivity index (χ2v) is 10.9. The quantitative estimate of drug-likeness (QED) is 0.103. The van der Waals surface area contributed by atoms with E-state index in [-0.39, 0.29) is 18.3 Å². The van der Waals surface area contributed by atoms with Crippen molar-refractivity contribution in [2.45, 2.75) is 25.0 Å². The van der Waals surface area contributed by atoms with E-state index < -0.39 is 24.2 Å². The largest absolute Gasteiger partial charge is 0.465 e. The second kappa shape index (κ2) is 18.9. The van der Waals surface area contributed by atoms with Crippen molar-refractivity contribution < 1.29 is 28.2 Å². The summed E-state index contributed by atoms with van der Waals surface area (Å²) >= 11 is 15.9. The van der Waals surface area contributed by atoms with Gasteiger partial charge in [0.2, 0.25) is 0 Å². The Balaban J connectivity index is 0.000000394. The lowest BCUT2D eigenvalue weighted by Gasteiger charge is -2.32. The standard InChI is InChI=1S/C23H18ClF2N3O2.C7H14N4S2.CH3NO2/c24-18-10-8-17(9-11-18)23(16-4-2-1-3-5-16)14-29(22(27)30)28-20(23)15-6-12-19(13-7-15)31-21(25)26;1-4-5(2)9-7(13)11-10-6(12)8-3;2-1(3)4/h1-13,21H,14H2,(H2,27,30);4-5H,1H2,2-3H3,(H2,8,10,12)(H2,9,11,13);2H2,(H,3,4). The number of rotatable bonds is 7. The molecule has 1 heterocycles. The Hall–Kier alpha value is -5.06. The van der Waals surface area contributed by atoms with Crippen molar-refractivity contribution in [1.82, 2.24) is 26.5 Å². The molecule has 0 aromatic heterocycles. The van der Waals surface area contributed by atoms with Crippen molar-refractivity contribution >= 4 is 64.1 Å². The van der Waals surface area contributed by atoms with Crippen molar-refractivity contribution in [1.29, 1.82) is 0 Å². The molecule has 3 aromatic carbocycles. The van der Waals surface area contributed by atoms with E-state index >= 15 is 0 Å². The topological polar surface area (TPSA) is 179 Å². The van der Waals surface area contributed by atoms with Gasteiger partial charge >= 0.3 is 18.7 Å². The maximum atomic E-state index is 12.5. The van der Waals surface area contributed by atoms with Gasteiger partial charge in [-0.2, -0.15) is 13.9 Å². The summed E-state index contributed by atoms with van der Waals surface area (Å²) in [5.74, 6) is 0.0286. The molecule has 17 heteroatoms. The normalized spacial score (nSPS) is 15.2. The fourth-order valence-corrected chi connectivity index (χ4v) is 4.74. The van der Waals surface area contributed by atoms with Gasteiger partial charge in [-0.25, -0.2) is 14.6 Å². The molecule has 48 heavy (non-hydrogen) atoms. The summed E-state index contributed by atoms with van der Waals surface area (Å²) in [6, 6.07) is 22.5. The van der Waals surface area contributed by atoms with Gasteiger partial charge in [0, 0.05) is 18.1 Å². The van der Waals surface area contributed by atoms with Gasteiger partial charge in [0.1, 0.15) is 5.75 Å². The number of thiocarbonyl (C=S) groups is 2. The van der Waals surface area contributed by atoms with Crippen LogP contribution >= 0.6 is 36.0 Å². The smallest absolute Gasteiger partial charge is 0.402 e. The lowest BCUT2D eigenvalue weighted by molar-refractivity contribution is -0.0498. The summed E-state index contributed by atoms with van der Waals surface area (Å²) < 4.78 is 29.5. The number of hydrogen-bond donors (Lipinski definition) is 7. The number of hydrazone groups is 1. The number of hydrazine groups is 1. The van der Waals surface area contributed by atoms with Gasteiger partial charge in [-0.05, 0) is 84.4 Å². The van der Waals surface area contributed by atoms with Gasteiger partial charge in [0.25, 0.3) is 0 Å². The van der Waals surface area contributed by atoms with Crippen LogP contribution in [0.2, 0.25) is 5.02 Å². The van der Waals surface area contributed by atoms with Crippen LogP contribution in [-0.2, 0) is 5.41 Å². The number of alkyl halides is 2. The van der Waals surface area contributed by atoms with Crippen LogP contribution < -0.4 is 37.7 Å². The zero-order valence-corrected chi connectivity index (χ0v) is 28.2. The third kappa shape index (κ3) is 11.6. The van der Waals surface area contributed by atoms with Crippen molar-refractivity contribution in [3.8, 4) is 5.75 Å². The van der Waals surface area contributed by atoms with Crippen LogP contribution in [0.25, 0.3) is 0 Å². The van der Waals surface area contributed by atoms with Gasteiger partial charge in [-0.1, -0.05) is 60.1 Å². The maximum Gasteiger partial charge on any atom is 0.402 e. The number of benzene rings is 3. The van der Waals surface area contributed by atoms with E-state index in [1.807, 2.05) is 49.4 Å². The Morgan fingerprint density at radius 1 is 1.02 bits per heavy atom. The number of carbonyl (C=O) groups excluding carboxylic acids is 1. The Labute approximate surface area is 292 Å². The summed E-state index contributed by atoms with van der Waals surface area (Å²) in [5.41, 5.74) is 17.1. The highest BCUT2D eigenvalue weighted by atomic mass is 35.5. The lowest BCUT2D eigenvalue weighted by Crippen LogP contribution is -2.50. The third-order valence-electron chi connectivity index (χ3n) is 6.45. The zero-order chi connectivity index (χ0) is 35.9. The lowest BCUT2D eigenvalue weighted by atomic mass is 9.69. The van der Waals surface area contributed by atoms with E-state index in [2.05, 4.69) is 43.6 Å². The summed E-state index contributed by atoms with van der Waals surface area (Å²) in [6.45, 7) is 2.82. The molecule has 0 bridgehead atoms. The number of nitrogens with two attached hydrogens (primary N) is 2. The molecule has 0 aliphatic carbocycles. The molecular weight excluding hydrogens is 686 g/mol. The molecule has 12 nitrogen and oxygen atoms in total. The summed E-state index contributed by atoms with van der Waals surface area (Å²) in [4.78, 5) is 20.9. The average Bonchev–Trinajstić information content (AvgIpc) is 3.47. The fraction of sp³-hybridized carbons (Fsp3) is 0.194. The number of ether oxygens (including phenoxy) is 1. The summed E-state index contributed by atoms with van der Waals surface area (Å²) in [5, 5.41) is 20.2. The first-order valence-electron chi connectivity index (χ1n) is 13.9. The third-order valence-corrected chi connectivity index (χ3v) is 7.23. The molecule has 1 aliphatic rings. The number of carbonyl (C=O) groups is 2. The molecule has 0 fully saturated rings. The summed E-state index contributed by atoms with van der Waals surface area (Å²) in [7, 11) is 1.72. The number of nitrogens with zero attached hydrogens (tertiary/aromatic N) is 2. The van der Waals surface area contributed by atoms with E-state index in [1.54, 1.807) is 37.4 Å². The average molecular weight is 721 g/mol. The number of carboxylic acid groups (broad SMARTS) is 1. The molecule has 0 radical (unpaired) electrons. The van der Waals surface area contributed by atoms with Crippen LogP contribution in [0.3, 0.4) is 0 Å². The molecule has 3 amide bonds. The molecule has 0 spiro atoms. The van der Waals surface area contributed by atoms with Crippen molar-refractivity contribution in [3.05, 3.63) is 113 Å². The SMILES string of the molecule is C=CC(C)NC(=S)NNC(=S)NC.NC(=O)N1CC(c2ccccc2)(c2ccc(Cl)cc2)C(c2ccc(OC(F)F)cc2)=N1.NC(=O)O. The van der Waals surface area contributed by atoms with Crippen LogP contribution in [0.1, 0.15) is 23.6 Å². The van der Waals surface area contributed by atoms with E-state index in [0.717, 1.165) is 11.1 Å². The number of nitrogens with one attached hydrogen (secondary N) is 4. The number of urea groups is 1. The maximum absolute atomic E-state index is 12.5. The first-order chi connectivity index (χ1) is 22.7. The first-order valence-corrected chi connectivity index (χ1v) is 15.1. The van der Waals surface area contributed by atoms with Crippen LogP contribution in [0.15, 0.2) is 96.6 Å². The van der Waals surface area contributed by atoms with Gasteiger partial charge in [-0.3, -0.25) is 10.9 Å². The van der Waals surface area contributed by atoms with Crippen molar-refractivity contribution in [3.63, 3.8) is 0 Å². The number of halogens is 3. The monoisotopic (exact) mass is 720 g/mol. The second-order valence-electron chi connectivity index (χ2n) is 9.69. The predicted molar refractivity (Wildman–Crippen MR) is 190 cm³/mol. The fourth-order valence-electron chi connectivity index (χ4n) is 4.32. The molecule has 0 saturated heterocycles. The number of primary amides is 2. The molecule has 2 unspecified atom stereocenters. The van der Waals surface area contributed by atoms with Crippen molar-refractivity contribution in [2.24, 2.45) is 16.6 Å². The van der Waals surface area contributed by atoms with E-state index in [0.29, 0.717) is 26.5 Å². The molecule has 2 atom stereocenters. The van der Waals surface area contributed by atoms with Gasteiger partial charge in [0.05, 0.1) is 17.7 Å². The minimum atomic E-state index is -2.92. The molecule has 3 aromatic rings. The molecule has 1 aliphatic heterocycles. The molecule has 4 rings (SSSR count). The van der Waals surface area contributed by atoms with Crippen LogP contribution in [0, 0.1) is 0 Å². The Bertz CT molecular complexity index is 1580. The highest BCUT2D eigenvalue weighted by molar-refractivity contribution is 7.80. The Morgan fingerprint density at radius 2 is 1.56 bits per heavy atom. The van der Waals surface area contributed by atoms with E-state index in [4.69, 9.17) is 51.7 Å².